The molecule has 0 aliphatic rings. The van der Waals surface area contributed by atoms with E-state index < -0.39 is 5.63 Å². The lowest BCUT2D eigenvalue weighted by atomic mass is 10.1. The average molecular weight is 414 g/mol. The zero-order valence-electron chi connectivity index (χ0n) is 16.3. The Balaban J connectivity index is 1.66. The van der Waals surface area contributed by atoms with E-state index in [0.717, 1.165) is 34.1 Å². The first kappa shape index (κ1) is 18.5. The Morgan fingerprint density at radius 3 is 2.70 bits per heavy atom. The summed E-state index contributed by atoms with van der Waals surface area (Å²) < 4.78 is 6.95. The van der Waals surface area contributed by atoms with Crippen LogP contribution in [0.3, 0.4) is 0 Å². The molecule has 0 saturated heterocycles. The average Bonchev–Trinajstić information content (AvgIpc) is 3.20. The summed E-state index contributed by atoms with van der Waals surface area (Å²) >= 11 is 1.46. The SMILES string of the molecule is CCc1ccc2c(Cn3cnc4scc(-c5ccccc5)c4c3=O)cc(=O)oc2c1. The third-order valence-corrected chi connectivity index (χ3v) is 6.18. The lowest BCUT2D eigenvalue weighted by molar-refractivity contribution is 0.557. The first-order valence-electron chi connectivity index (χ1n) is 9.72. The van der Waals surface area contributed by atoms with E-state index in [2.05, 4.69) is 11.9 Å². The summed E-state index contributed by atoms with van der Waals surface area (Å²) in [4.78, 5) is 30.7. The van der Waals surface area contributed by atoms with Gasteiger partial charge in [0.25, 0.3) is 5.56 Å². The van der Waals surface area contributed by atoms with Crippen molar-refractivity contribution in [2.45, 2.75) is 19.9 Å². The molecular formula is C24H18N2O3S. The number of rotatable bonds is 4. The van der Waals surface area contributed by atoms with Gasteiger partial charge in [0.2, 0.25) is 0 Å². The highest BCUT2D eigenvalue weighted by Crippen LogP contribution is 2.30. The first-order valence-corrected chi connectivity index (χ1v) is 10.6. The number of aryl methyl sites for hydroxylation is 1. The molecule has 0 radical (unpaired) electrons. The summed E-state index contributed by atoms with van der Waals surface area (Å²) in [5, 5.41) is 3.40. The van der Waals surface area contributed by atoms with E-state index in [9.17, 15) is 9.59 Å². The fourth-order valence-corrected chi connectivity index (χ4v) is 4.63. The summed E-state index contributed by atoms with van der Waals surface area (Å²) in [5.74, 6) is 0. The Morgan fingerprint density at radius 2 is 1.90 bits per heavy atom. The maximum Gasteiger partial charge on any atom is 0.336 e. The van der Waals surface area contributed by atoms with Gasteiger partial charge in [-0.05, 0) is 29.2 Å². The van der Waals surface area contributed by atoms with E-state index in [1.54, 1.807) is 10.9 Å². The Bertz CT molecular complexity index is 1500. The van der Waals surface area contributed by atoms with Crippen LogP contribution in [0.25, 0.3) is 32.3 Å². The standard InChI is InChI=1S/C24H18N2O3S/c1-2-15-8-9-18-17(11-21(27)29-20(18)10-15)12-26-14-25-23-22(24(26)28)19(13-30-23)16-6-4-3-5-7-16/h3-11,13-14H,2,12H2,1H3. The lowest BCUT2D eigenvalue weighted by Gasteiger charge is -2.09. The fraction of sp³-hybridized carbons (Fsp3) is 0.125. The molecule has 0 atom stereocenters. The highest BCUT2D eigenvalue weighted by Gasteiger charge is 2.14. The third kappa shape index (κ3) is 3.15. The number of hydrogen-bond acceptors (Lipinski definition) is 5. The molecule has 3 heterocycles. The van der Waals surface area contributed by atoms with Gasteiger partial charge in [-0.1, -0.05) is 49.4 Å². The molecule has 0 bridgehead atoms. The molecule has 0 saturated carbocycles. The van der Waals surface area contributed by atoms with Crippen LogP contribution in [-0.4, -0.2) is 9.55 Å². The molecular weight excluding hydrogens is 396 g/mol. The topological polar surface area (TPSA) is 65.1 Å². The number of aromatic nitrogens is 2. The van der Waals surface area contributed by atoms with E-state index in [-0.39, 0.29) is 12.1 Å². The minimum absolute atomic E-state index is 0.119. The van der Waals surface area contributed by atoms with Crippen LogP contribution in [0.4, 0.5) is 0 Å². The molecule has 0 amide bonds. The van der Waals surface area contributed by atoms with Gasteiger partial charge in [0.15, 0.2) is 0 Å². The van der Waals surface area contributed by atoms with E-state index in [4.69, 9.17) is 4.42 Å². The number of benzene rings is 2. The zero-order chi connectivity index (χ0) is 20.7. The van der Waals surface area contributed by atoms with Crippen LogP contribution >= 0.6 is 11.3 Å². The van der Waals surface area contributed by atoms with Gasteiger partial charge in [-0.2, -0.15) is 0 Å². The van der Waals surface area contributed by atoms with Gasteiger partial charge in [-0.3, -0.25) is 9.36 Å². The minimum Gasteiger partial charge on any atom is -0.423 e. The molecule has 5 rings (SSSR count). The van der Waals surface area contributed by atoms with Crippen molar-refractivity contribution >= 4 is 32.5 Å². The fourth-order valence-electron chi connectivity index (χ4n) is 3.72. The number of fused-ring (bicyclic) bond motifs is 2. The number of hydrogen-bond donors (Lipinski definition) is 0. The molecule has 30 heavy (non-hydrogen) atoms. The van der Waals surface area contributed by atoms with Crippen LogP contribution < -0.4 is 11.2 Å². The largest absolute Gasteiger partial charge is 0.423 e. The smallest absolute Gasteiger partial charge is 0.336 e. The molecule has 5 nitrogen and oxygen atoms in total. The molecule has 0 fully saturated rings. The molecule has 5 aromatic rings. The van der Waals surface area contributed by atoms with Crippen molar-refractivity contribution in [3.8, 4) is 11.1 Å². The van der Waals surface area contributed by atoms with Crippen molar-refractivity contribution in [1.82, 2.24) is 9.55 Å². The van der Waals surface area contributed by atoms with Gasteiger partial charge >= 0.3 is 5.63 Å². The molecule has 2 aromatic carbocycles. The summed E-state index contributed by atoms with van der Waals surface area (Å²) in [6.45, 7) is 2.30. The third-order valence-electron chi connectivity index (χ3n) is 5.29. The summed E-state index contributed by atoms with van der Waals surface area (Å²) in [5.41, 5.74) is 3.70. The highest BCUT2D eigenvalue weighted by atomic mass is 32.1. The maximum atomic E-state index is 13.3. The van der Waals surface area contributed by atoms with E-state index in [1.165, 1.54) is 17.4 Å². The van der Waals surface area contributed by atoms with Gasteiger partial charge in [0.05, 0.1) is 18.3 Å². The Labute approximate surface area is 175 Å². The van der Waals surface area contributed by atoms with Crippen molar-refractivity contribution in [1.29, 1.82) is 0 Å². The van der Waals surface area contributed by atoms with Crippen molar-refractivity contribution in [2.75, 3.05) is 0 Å². The second-order valence-electron chi connectivity index (χ2n) is 7.15. The van der Waals surface area contributed by atoms with Crippen LogP contribution in [0.15, 0.2) is 80.3 Å². The molecule has 0 N–H and O–H groups in total. The Morgan fingerprint density at radius 1 is 1.07 bits per heavy atom. The van der Waals surface area contributed by atoms with Crippen molar-refractivity contribution in [2.24, 2.45) is 0 Å². The van der Waals surface area contributed by atoms with Crippen LogP contribution in [0.2, 0.25) is 0 Å². The number of nitrogens with zero attached hydrogens (tertiary/aromatic N) is 2. The van der Waals surface area contributed by atoms with Crippen LogP contribution in [0, 0.1) is 0 Å². The van der Waals surface area contributed by atoms with E-state index in [0.29, 0.717) is 15.8 Å². The molecule has 0 spiro atoms. The van der Waals surface area contributed by atoms with Crippen molar-refractivity contribution in [3.63, 3.8) is 0 Å². The van der Waals surface area contributed by atoms with Crippen LogP contribution in [0.5, 0.6) is 0 Å². The molecule has 148 valence electrons. The van der Waals surface area contributed by atoms with Gasteiger partial charge in [-0.25, -0.2) is 9.78 Å². The lowest BCUT2D eigenvalue weighted by Crippen LogP contribution is -2.21. The van der Waals surface area contributed by atoms with Gasteiger partial charge in [0, 0.05) is 22.4 Å². The quantitative estimate of drug-likeness (QED) is 0.395. The zero-order valence-corrected chi connectivity index (χ0v) is 17.1. The predicted octanol–water partition coefficient (Wildman–Crippen LogP) is 4.84. The van der Waals surface area contributed by atoms with Gasteiger partial charge in [-0.15, -0.1) is 11.3 Å². The molecule has 0 aliphatic carbocycles. The first-order chi connectivity index (χ1) is 14.6. The van der Waals surface area contributed by atoms with Crippen LogP contribution in [0.1, 0.15) is 18.1 Å². The number of thiophene rings is 1. The second kappa shape index (κ2) is 7.39. The van der Waals surface area contributed by atoms with Gasteiger partial charge in [0.1, 0.15) is 10.4 Å². The Hall–Kier alpha value is -3.51. The predicted molar refractivity (Wildman–Crippen MR) is 120 cm³/mol. The van der Waals surface area contributed by atoms with Crippen molar-refractivity contribution < 1.29 is 4.42 Å². The summed E-state index contributed by atoms with van der Waals surface area (Å²) in [7, 11) is 0. The van der Waals surface area contributed by atoms with E-state index in [1.807, 2.05) is 53.9 Å². The maximum absolute atomic E-state index is 13.3. The second-order valence-corrected chi connectivity index (χ2v) is 8.01. The Kier molecular flexibility index (Phi) is 4.56. The molecule has 6 heteroatoms. The molecule has 3 aromatic heterocycles. The summed E-state index contributed by atoms with van der Waals surface area (Å²) in [6, 6.07) is 17.1. The monoisotopic (exact) mass is 414 g/mol. The van der Waals surface area contributed by atoms with E-state index >= 15 is 0 Å². The van der Waals surface area contributed by atoms with Crippen LogP contribution in [-0.2, 0) is 13.0 Å². The van der Waals surface area contributed by atoms with Gasteiger partial charge < -0.3 is 4.42 Å². The molecule has 0 unspecified atom stereocenters. The highest BCUT2D eigenvalue weighted by molar-refractivity contribution is 7.17. The summed E-state index contributed by atoms with van der Waals surface area (Å²) in [6.07, 6.45) is 2.40. The molecule has 0 aliphatic heterocycles. The van der Waals surface area contributed by atoms with Crippen molar-refractivity contribution in [3.05, 3.63) is 98.2 Å². The minimum atomic E-state index is -0.423. The normalized spacial score (nSPS) is 11.4.